The highest BCUT2D eigenvalue weighted by atomic mass is 35.5. The molecule has 0 bridgehead atoms. The molecule has 3 aromatic rings. The van der Waals surface area contributed by atoms with Crippen molar-refractivity contribution in [1.29, 1.82) is 0 Å². The molecule has 11 nitrogen and oxygen atoms in total. The molecular formula is C25H28ClN7O4S. The summed E-state index contributed by atoms with van der Waals surface area (Å²) in [6.07, 6.45) is 1.25. The van der Waals surface area contributed by atoms with Crippen molar-refractivity contribution in [1.82, 2.24) is 35.6 Å². The number of likely N-dealkylation sites (N-methyl/N-ethyl adjacent to an activating group) is 1. The first-order valence-corrected chi connectivity index (χ1v) is 13.5. The Labute approximate surface area is 228 Å². The summed E-state index contributed by atoms with van der Waals surface area (Å²) < 4.78 is 5.01. The number of methoxy groups -OCH3 is 1. The highest BCUT2D eigenvalue weighted by Crippen LogP contribution is 2.25. The van der Waals surface area contributed by atoms with Crippen LogP contribution in [0.4, 0.5) is 0 Å². The predicted molar refractivity (Wildman–Crippen MR) is 142 cm³/mol. The molecule has 2 N–H and O–H groups in total. The van der Waals surface area contributed by atoms with Gasteiger partial charge in [0.2, 0.25) is 5.91 Å². The van der Waals surface area contributed by atoms with E-state index in [-0.39, 0.29) is 30.7 Å². The number of hydrogen-bond acceptors (Lipinski definition) is 9. The SMILES string of the molecule is COCC(=O)N1CC[C@H](NC(=O)c2cc3ccc(Cl)cc3nn2)[C@H](NC(=O)c2nc3c(s2)CN(C)CC3)C1. The van der Waals surface area contributed by atoms with Crippen molar-refractivity contribution in [2.24, 2.45) is 0 Å². The first kappa shape index (κ1) is 26.4. The van der Waals surface area contributed by atoms with E-state index in [1.165, 1.54) is 18.4 Å². The number of benzene rings is 1. The van der Waals surface area contributed by atoms with Gasteiger partial charge in [0.15, 0.2) is 10.7 Å². The fourth-order valence-corrected chi connectivity index (χ4v) is 5.98. The second kappa shape index (κ2) is 11.3. The Morgan fingerprint density at radius 3 is 2.76 bits per heavy atom. The second-order valence-electron chi connectivity index (χ2n) is 9.53. The highest BCUT2D eigenvalue weighted by molar-refractivity contribution is 7.13. The van der Waals surface area contributed by atoms with Gasteiger partial charge in [0, 0.05) is 55.0 Å². The van der Waals surface area contributed by atoms with Gasteiger partial charge in [-0.2, -0.15) is 0 Å². The van der Waals surface area contributed by atoms with Crippen LogP contribution in [0, 0.1) is 0 Å². The van der Waals surface area contributed by atoms with Crippen LogP contribution < -0.4 is 10.6 Å². The zero-order valence-corrected chi connectivity index (χ0v) is 22.6. The van der Waals surface area contributed by atoms with Crippen LogP contribution >= 0.6 is 22.9 Å². The van der Waals surface area contributed by atoms with Gasteiger partial charge >= 0.3 is 0 Å². The Morgan fingerprint density at radius 2 is 1.95 bits per heavy atom. The zero-order valence-electron chi connectivity index (χ0n) is 21.1. The summed E-state index contributed by atoms with van der Waals surface area (Å²) in [4.78, 5) is 48.4. The van der Waals surface area contributed by atoms with E-state index in [9.17, 15) is 14.4 Å². The lowest BCUT2D eigenvalue weighted by atomic mass is 9.98. The van der Waals surface area contributed by atoms with Crippen LogP contribution in [0.3, 0.4) is 0 Å². The summed E-state index contributed by atoms with van der Waals surface area (Å²) in [5, 5.41) is 15.8. The number of piperidine rings is 1. The van der Waals surface area contributed by atoms with Crippen molar-refractivity contribution in [3.8, 4) is 0 Å². The lowest BCUT2D eigenvalue weighted by Crippen LogP contribution is -2.61. The smallest absolute Gasteiger partial charge is 0.280 e. The topological polar surface area (TPSA) is 130 Å². The standard InChI is InChI=1S/C25H28ClN7O4S/c1-32-7-5-17-21(12-32)38-25(29-17)24(36)28-20-11-33(22(34)13-37-2)8-6-16(20)27-23(35)19-9-14-3-4-15(26)10-18(14)30-31-19/h3-4,9-10,16,20H,5-8,11-13H2,1-2H3,(H,27,35)(H,28,36)/t16-,20+/m0/s1. The Hall–Kier alpha value is -3.19. The summed E-state index contributed by atoms with van der Waals surface area (Å²) in [6.45, 7) is 2.26. The number of fused-ring (bicyclic) bond motifs is 2. The van der Waals surface area contributed by atoms with E-state index < -0.39 is 18.0 Å². The average molecular weight is 558 g/mol. The molecule has 0 saturated carbocycles. The Kier molecular flexibility index (Phi) is 7.84. The fourth-order valence-electron chi connectivity index (χ4n) is 4.73. The van der Waals surface area contributed by atoms with E-state index >= 15 is 0 Å². The number of hydrogen-bond donors (Lipinski definition) is 2. The van der Waals surface area contributed by atoms with Crippen LogP contribution in [0.25, 0.3) is 10.9 Å². The summed E-state index contributed by atoms with van der Waals surface area (Å²) in [7, 11) is 3.50. The van der Waals surface area contributed by atoms with Gasteiger partial charge in [0.25, 0.3) is 11.8 Å². The molecule has 1 aromatic carbocycles. The number of ether oxygens (including phenoxy) is 1. The third-order valence-electron chi connectivity index (χ3n) is 6.77. The molecular weight excluding hydrogens is 530 g/mol. The van der Waals surface area contributed by atoms with Gasteiger partial charge in [-0.3, -0.25) is 14.4 Å². The van der Waals surface area contributed by atoms with Gasteiger partial charge in [0.1, 0.15) is 6.61 Å². The fraction of sp³-hybridized carbons (Fsp3) is 0.440. The third kappa shape index (κ3) is 5.78. The molecule has 1 fully saturated rings. The van der Waals surface area contributed by atoms with Crippen LogP contribution in [-0.2, 0) is 22.5 Å². The number of carbonyl (C=O) groups is 3. The molecule has 0 aliphatic carbocycles. The minimum Gasteiger partial charge on any atom is -0.375 e. The number of aromatic nitrogens is 3. The van der Waals surface area contributed by atoms with E-state index in [0.717, 1.165) is 35.5 Å². The molecule has 2 aliphatic heterocycles. The van der Waals surface area contributed by atoms with Crippen LogP contribution in [-0.4, -0.2) is 95.2 Å². The summed E-state index contributed by atoms with van der Waals surface area (Å²) >= 11 is 7.40. The van der Waals surface area contributed by atoms with Gasteiger partial charge in [-0.15, -0.1) is 21.5 Å². The second-order valence-corrected chi connectivity index (χ2v) is 11.1. The van der Waals surface area contributed by atoms with Gasteiger partial charge in [-0.25, -0.2) is 4.98 Å². The van der Waals surface area contributed by atoms with Gasteiger partial charge in [0.05, 0.1) is 23.3 Å². The molecule has 13 heteroatoms. The lowest BCUT2D eigenvalue weighted by Gasteiger charge is -2.39. The van der Waals surface area contributed by atoms with E-state index in [4.69, 9.17) is 16.3 Å². The number of carbonyl (C=O) groups excluding carboxylic acids is 3. The number of likely N-dealkylation sites (tertiary alicyclic amines) is 1. The summed E-state index contributed by atoms with van der Waals surface area (Å²) in [5.74, 6) is -0.911. The normalized spacial score (nSPS) is 19.7. The van der Waals surface area contributed by atoms with Gasteiger partial charge < -0.3 is 25.2 Å². The van der Waals surface area contributed by atoms with Crippen LogP contribution in [0.1, 0.15) is 37.3 Å². The molecule has 3 amide bonds. The molecule has 2 aromatic heterocycles. The predicted octanol–water partition coefficient (Wildman–Crippen LogP) is 1.50. The maximum Gasteiger partial charge on any atom is 0.280 e. The average Bonchev–Trinajstić information content (AvgIpc) is 3.33. The Balaban J connectivity index is 1.33. The van der Waals surface area contributed by atoms with E-state index in [0.29, 0.717) is 28.5 Å². The van der Waals surface area contributed by atoms with Crippen molar-refractivity contribution in [3.05, 3.63) is 50.6 Å². The third-order valence-corrected chi connectivity index (χ3v) is 8.08. The van der Waals surface area contributed by atoms with Crippen LogP contribution in [0.15, 0.2) is 24.3 Å². The quantitative estimate of drug-likeness (QED) is 0.466. The Morgan fingerprint density at radius 1 is 1.13 bits per heavy atom. The van der Waals surface area contributed by atoms with Crippen molar-refractivity contribution < 1.29 is 19.1 Å². The maximum atomic E-state index is 13.2. The molecule has 38 heavy (non-hydrogen) atoms. The largest absolute Gasteiger partial charge is 0.375 e. The van der Waals surface area contributed by atoms with Crippen molar-refractivity contribution in [3.63, 3.8) is 0 Å². The lowest BCUT2D eigenvalue weighted by molar-refractivity contribution is -0.136. The summed E-state index contributed by atoms with van der Waals surface area (Å²) in [5.41, 5.74) is 1.70. The molecule has 5 rings (SSSR count). The molecule has 200 valence electrons. The number of nitrogens with zero attached hydrogens (tertiary/aromatic N) is 5. The van der Waals surface area contributed by atoms with Crippen molar-refractivity contribution in [2.75, 3.05) is 40.4 Å². The highest BCUT2D eigenvalue weighted by Gasteiger charge is 2.35. The maximum absolute atomic E-state index is 13.2. The van der Waals surface area contributed by atoms with Gasteiger partial charge in [-0.05, 0) is 31.7 Å². The number of nitrogens with one attached hydrogen (secondary N) is 2. The molecule has 4 heterocycles. The number of amides is 3. The molecule has 2 atom stereocenters. The molecule has 0 unspecified atom stereocenters. The van der Waals surface area contributed by atoms with E-state index in [1.807, 2.05) is 7.05 Å². The zero-order chi connectivity index (χ0) is 26.8. The number of rotatable bonds is 6. The molecule has 0 radical (unpaired) electrons. The van der Waals surface area contributed by atoms with E-state index in [2.05, 4.69) is 30.7 Å². The first-order chi connectivity index (χ1) is 18.3. The molecule has 2 aliphatic rings. The minimum atomic E-state index is -0.531. The first-order valence-electron chi connectivity index (χ1n) is 12.3. The van der Waals surface area contributed by atoms with E-state index in [1.54, 1.807) is 29.2 Å². The molecule has 1 saturated heterocycles. The monoisotopic (exact) mass is 557 g/mol. The molecule has 0 spiro atoms. The summed E-state index contributed by atoms with van der Waals surface area (Å²) in [6, 6.07) is 5.87. The van der Waals surface area contributed by atoms with Crippen LogP contribution in [0.5, 0.6) is 0 Å². The number of halogens is 1. The van der Waals surface area contributed by atoms with Gasteiger partial charge in [-0.1, -0.05) is 17.7 Å². The van der Waals surface area contributed by atoms with Crippen LogP contribution in [0.2, 0.25) is 5.02 Å². The minimum absolute atomic E-state index is 0.0545. The van der Waals surface area contributed by atoms with Crippen molar-refractivity contribution in [2.45, 2.75) is 31.5 Å². The van der Waals surface area contributed by atoms with Crippen molar-refractivity contribution >= 4 is 51.6 Å². The Bertz CT molecular complexity index is 1380. The number of thiazole rings is 1.